The molecular weight excluding hydrogens is 618 g/mol. The lowest BCUT2D eigenvalue weighted by molar-refractivity contribution is -0.146. The lowest BCUT2D eigenvalue weighted by Crippen LogP contribution is -2.57. The molecule has 0 saturated carbocycles. The number of carbonyl (C=O) groups excluding carboxylic acids is 3. The van der Waals surface area contributed by atoms with Crippen molar-refractivity contribution in [1.29, 1.82) is 0 Å². The maximum atomic E-state index is 15.1. The molecule has 9 nitrogen and oxygen atoms in total. The van der Waals surface area contributed by atoms with E-state index in [1.807, 2.05) is 70.2 Å². The third kappa shape index (κ3) is 6.43. The van der Waals surface area contributed by atoms with Crippen molar-refractivity contribution in [1.82, 2.24) is 4.90 Å². The van der Waals surface area contributed by atoms with E-state index < -0.39 is 29.1 Å². The minimum Gasteiger partial charge on any atom is -0.494 e. The Labute approximate surface area is 291 Å². The lowest BCUT2D eigenvalue weighted by Gasteiger charge is -2.37. The third-order valence-electron chi connectivity index (χ3n) is 10.8. The molecule has 3 aliphatic rings. The van der Waals surface area contributed by atoms with Crippen LogP contribution in [0.3, 0.4) is 0 Å². The van der Waals surface area contributed by atoms with Gasteiger partial charge in [0.1, 0.15) is 17.4 Å². The SMILES string of the molecule is C=CCN(C(=O)[C@@H]1[C@H]2C(=O)N(CCCCCCO)C(C(=O)N(CC=C)c3c(C)cccc3C)C23CC[C@@]1(CC)O3)c1ccc(OCC)cc1. The number of nitrogens with zero attached hydrogens (tertiary/aromatic N) is 3. The number of fused-ring (bicyclic) bond motifs is 1. The van der Waals surface area contributed by atoms with E-state index >= 15 is 4.79 Å². The minimum absolute atomic E-state index is 0.119. The Bertz CT molecular complexity index is 1520. The number of likely N-dealkylation sites (tertiary alicyclic amines) is 1. The van der Waals surface area contributed by atoms with E-state index in [9.17, 15) is 14.7 Å². The Hall–Kier alpha value is -3.95. The number of para-hydroxylation sites is 1. The van der Waals surface area contributed by atoms with Crippen LogP contribution >= 0.6 is 0 Å². The van der Waals surface area contributed by atoms with Crippen molar-refractivity contribution in [3.63, 3.8) is 0 Å². The van der Waals surface area contributed by atoms with Crippen LogP contribution in [0.25, 0.3) is 0 Å². The highest BCUT2D eigenvalue weighted by atomic mass is 16.5. The smallest absolute Gasteiger partial charge is 0.253 e. The van der Waals surface area contributed by atoms with Crippen molar-refractivity contribution < 1.29 is 29.0 Å². The zero-order chi connectivity index (χ0) is 35.3. The first-order valence-corrected chi connectivity index (χ1v) is 17.9. The van der Waals surface area contributed by atoms with Gasteiger partial charge in [0.05, 0.1) is 24.0 Å². The molecule has 2 bridgehead atoms. The lowest BCUT2D eigenvalue weighted by atomic mass is 9.64. The predicted molar refractivity (Wildman–Crippen MR) is 193 cm³/mol. The van der Waals surface area contributed by atoms with E-state index in [-0.39, 0.29) is 37.4 Å². The van der Waals surface area contributed by atoms with Gasteiger partial charge in [-0.2, -0.15) is 0 Å². The molecule has 3 heterocycles. The highest BCUT2D eigenvalue weighted by Crippen LogP contribution is 2.65. The molecule has 3 amide bonds. The summed E-state index contributed by atoms with van der Waals surface area (Å²) in [7, 11) is 0. The summed E-state index contributed by atoms with van der Waals surface area (Å²) in [5.74, 6) is -1.47. The number of carbonyl (C=O) groups is 3. The molecule has 0 aromatic heterocycles. The van der Waals surface area contributed by atoms with Crippen LogP contribution in [0.5, 0.6) is 5.75 Å². The molecule has 264 valence electrons. The first-order chi connectivity index (χ1) is 23.6. The van der Waals surface area contributed by atoms with Crippen LogP contribution in [0.2, 0.25) is 0 Å². The van der Waals surface area contributed by atoms with Crippen molar-refractivity contribution >= 4 is 29.1 Å². The Morgan fingerprint density at radius 2 is 1.61 bits per heavy atom. The van der Waals surface area contributed by atoms with Crippen LogP contribution in [0.15, 0.2) is 67.8 Å². The van der Waals surface area contributed by atoms with Gasteiger partial charge in [0, 0.05) is 37.6 Å². The van der Waals surface area contributed by atoms with Crippen LogP contribution < -0.4 is 14.5 Å². The minimum atomic E-state index is -1.15. The normalized spacial score (nSPS) is 25.3. The molecule has 3 saturated heterocycles. The quantitative estimate of drug-likeness (QED) is 0.160. The van der Waals surface area contributed by atoms with Gasteiger partial charge in [-0.25, -0.2) is 0 Å². The van der Waals surface area contributed by atoms with Crippen LogP contribution in [-0.2, 0) is 19.1 Å². The third-order valence-corrected chi connectivity index (χ3v) is 10.8. The Kier molecular flexibility index (Phi) is 11.3. The second kappa shape index (κ2) is 15.3. The molecule has 5 rings (SSSR count). The van der Waals surface area contributed by atoms with Gasteiger partial charge in [-0.15, -0.1) is 13.2 Å². The summed E-state index contributed by atoms with van der Waals surface area (Å²) >= 11 is 0. The maximum Gasteiger partial charge on any atom is 0.253 e. The molecule has 49 heavy (non-hydrogen) atoms. The molecule has 1 N–H and O–H groups in total. The number of ether oxygens (including phenoxy) is 2. The highest BCUT2D eigenvalue weighted by Gasteiger charge is 2.79. The molecule has 3 aliphatic heterocycles. The summed E-state index contributed by atoms with van der Waals surface area (Å²) in [5.41, 5.74) is 1.37. The number of anilines is 2. The molecule has 9 heteroatoms. The van der Waals surface area contributed by atoms with Crippen LogP contribution in [0.4, 0.5) is 11.4 Å². The summed E-state index contributed by atoms with van der Waals surface area (Å²) < 4.78 is 12.8. The number of hydrogen-bond donors (Lipinski definition) is 1. The first kappa shape index (κ1) is 36.3. The van der Waals surface area contributed by atoms with Gasteiger partial charge in [-0.05, 0) is 88.3 Å². The number of benzene rings is 2. The van der Waals surface area contributed by atoms with Gasteiger partial charge in [-0.1, -0.05) is 50.1 Å². The van der Waals surface area contributed by atoms with Gasteiger partial charge < -0.3 is 29.3 Å². The molecule has 5 atom stereocenters. The predicted octanol–water partition coefficient (Wildman–Crippen LogP) is 6.15. The van der Waals surface area contributed by atoms with Crippen molar-refractivity contribution in [2.24, 2.45) is 11.8 Å². The number of aryl methyl sites for hydroxylation is 2. The van der Waals surface area contributed by atoms with Crippen LogP contribution in [-0.4, -0.2) is 77.8 Å². The van der Waals surface area contributed by atoms with E-state index in [4.69, 9.17) is 9.47 Å². The average molecular weight is 672 g/mol. The molecule has 0 aliphatic carbocycles. The number of unbranched alkanes of at least 4 members (excludes halogenated alkanes) is 3. The number of aliphatic hydroxyl groups excluding tert-OH is 1. The second-order valence-electron chi connectivity index (χ2n) is 13.6. The topological polar surface area (TPSA) is 99.6 Å². The largest absolute Gasteiger partial charge is 0.494 e. The fourth-order valence-corrected chi connectivity index (χ4v) is 8.67. The van der Waals surface area contributed by atoms with Gasteiger partial charge in [-0.3, -0.25) is 14.4 Å². The van der Waals surface area contributed by atoms with E-state index in [1.165, 1.54) is 0 Å². The van der Waals surface area contributed by atoms with Gasteiger partial charge >= 0.3 is 0 Å². The summed E-state index contributed by atoms with van der Waals surface area (Å²) in [6.45, 7) is 17.3. The summed E-state index contributed by atoms with van der Waals surface area (Å²) in [4.78, 5) is 50.1. The molecule has 0 radical (unpaired) electrons. The molecule has 2 aromatic carbocycles. The monoisotopic (exact) mass is 671 g/mol. The zero-order valence-electron chi connectivity index (χ0n) is 29.7. The number of hydrogen-bond acceptors (Lipinski definition) is 6. The zero-order valence-corrected chi connectivity index (χ0v) is 29.7. The fourth-order valence-electron chi connectivity index (χ4n) is 8.67. The van der Waals surface area contributed by atoms with Crippen molar-refractivity contribution in [3.8, 4) is 5.75 Å². The van der Waals surface area contributed by atoms with Gasteiger partial charge in [0.15, 0.2) is 0 Å². The summed E-state index contributed by atoms with van der Waals surface area (Å²) in [5, 5.41) is 9.32. The fraction of sp³-hybridized carbons (Fsp3) is 0.525. The average Bonchev–Trinajstić information content (AvgIpc) is 3.70. The first-order valence-electron chi connectivity index (χ1n) is 17.9. The Morgan fingerprint density at radius 3 is 2.22 bits per heavy atom. The van der Waals surface area contributed by atoms with Crippen molar-refractivity contribution in [2.75, 3.05) is 42.6 Å². The summed E-state index contributed by atoms with van der Waals surface area (Å²) in [6.07, 6.45) is 8.03. The Morgan fingerprint density at radius 1 is 0.959 bits per heavy atom. The maximum absolute atomic E-state index is 15.1. The van der Waals surface area contributed by atoms with Gasteiger partial charge in [0.25, 0.3) is 5.91 Å². The summed E-state index contributed by atoms with van der Waals surface area (Å²) in [6, 6.07) is 12.4. The van der Waals surface area contributed by atoms with Crippen molar-refractivity contribution in [2.45, 2.75) is 89.9 Å². The molecule has 2 aromatic rings. The molecule has 2 unspecified atom stereocenters. The van der Waals surface area contributed by atoms with E-state index in [2.05, 4.69) is 13.2 Å². The second-order valence-corrected chi connectivity index (χ2v) is 13.6. The van der Waals surface area contributed by atoms with E-state index in [0.717, 1.165) is 29.7 Å². The Balaban J connectivity index is 1.59. The number of aliphatic hydroxyl groups is 1. The van der Waals surface area contributed by atoms with E-state index in [1.54, 1.807) is 26.9 Å². The van der Waals surface area contributed by atoms with Crippen LogP contribution in [0.1, 0.15) is 69.9 Å². The molecular formula is C40H53N3O6. The standard InChI is InChI=1S/C40H53N3O6/c1-7-24-41(30-18-20-31(21-19-30)48-10-4)36(45)32-33-37(46)43(26-13-11-12-14-27-44)35(40(33)23-22-39(32,9-3)49-40)38(47)42(25-8-2)34-28(5)16-15-17-29(34)6/h7-8,15-21,32-33,35,44H,1-2,9-14,22-27H2,3-6H3/t32-,33-,35?,39+,40?/m0/s1. The van der Waals surface area contributed by atoms with E-state index in [0.29, 0.717) is 56.7 Å². The number of amides is 3. The van der Waals surface area contributed by atoms with Gasteiger partial charge in [0.2, 0.25) is 11.8 Å². The van der Waals surface area contributed by atoms with Crippen molar-refractivity contribution in [3.05, 3.63) is 78.9 Å². The van der Waals surface area contributed by atoms with Crippen LogP contribution in [0, 0.1) is 25.7 Å². The highest BCUT2D eigenvalue weighted by molar-refractivity contribution is 6.07. The molecule has 1 spiro atoms. The molecule has 3 fully saturated rings. The number of rotatable bonds is 17.